The number of likely N-dealkylation sites (N-methyl/N-ethyl adjacent to an activating group) is 1. The van der Waals surface area contributed by atoms with Crippen LogP contribution in [-0.2, 0) is 6.42 Å². The molecule has 0 spiro atoms. The Morgan fingerprint density at radius 1 is 1.47 bits per heavy atom. The fourth-order valence-electron chi connectivity index (χ4n) is 2.62. The van der Waals surface area contributed by atoms with Crippen LogP contribution < -0.4 is 5.73 Å². The molecule has 2 rings (SSSR count). The van der Waals surface area contributed by atoms with Gasteiger partial charge in [-0.1, -0.05) is 12.5 Å². The van der Waals surface area contributed by atoms with Gasteiger partial charge in [0, 0.05) is 25.5 Å². The van der Waals surface area contributed by atoms with E-state index in [1.54, 1.807) is 0 Å². The summed E-state index contributed by atoms with van der Waals surface area (Å²) >= 11 is 0. The Balaban J connectivity index is 1.76. The van der Waals surface area contributed by atoms with Gasteiger partial charge in [0.2, 0.25) is 0 Å². The highest BCUT2D eigenvalue weighted by atomic mass is 15.1. The molecule has 1 aromatic heterocycles. The smallest absolute Gasteiger partial charge is 0.0300 e. The molecule has 1 heterocycles. The average molecular weight is 233 g/mol. The van der Waals surface area contributed by atoms with Gasteiger partial charge in [0.1, 0.15) is 0 Å². The second kappa shape index (κ2) is 5.61. The van der Waals surface area contributed by atoms with Crippen molar-refractivity contribution in [2.45, 2.75) is 25.7 Å². The number of rotatable bonds is 6. The van der Waals surface area contributed by atoms with Crippen LogP contribution in [0.4, 0.5) is 0 Å². The van der Waals surface area contributed by atoms with Crippen LogP contribution in [0.1, 0.15) is 24.8 Å². The summed E-state index contributed by atoms with van der Waals surface area (Å²) in [4.78, 5) is 6.56. The van der Waals surface area contributed by atoms with Gasteiger partial charge in [-0.15, -0.1) is 0 Å². The maximum atomic E-state index is 5.89. The van der Waals surface area contributed by atoms with Gasteiger partial charge in [0.25, 0.3) is 0 Å². The van der Waals surface area contributed by atoms with Crippen molar-refractivity contribution in [3.63, 3.8) is 0 Å². The standard InChI is InChI=1S/C14H23N3/c1-17(12-14(11-15)6-3-7-14)9-5-13-4-2-8-16-10-13/h2,4,8,10H,3,5-7,9,11-12,15H2,1H3. The van der Waals surface area contributed by atoms with Crippen molar-refractivity contribution < 1.29 is 0 Å². The van der Waals surface area contributed by atoms with Crippen LogP contribution in [0.25, 0.3) is 0 Å². The quantitative estimate of drug-likeness (QED) is 0.813. The molecule has 17 heavy (non-hydrogen) atoms. The molecule has 1 fully saturated rings. The molecule has 0 saturated heterocycles. The molecule has 1 aliphatic rings. The lowest BCUT2D eigenvalue weighted by Crippen LogP contribution is -2.46. The predicted octanol–water partition coefficient (Wildman–Crippen LogP) is 1.68. The number of hydrogen-bond donors (Lipinski definition) is 1. The summed E-state index contributed by atoms with van der Waals surface area (Å²) in [5.74, 6) is 0. The molecule has 94 valence electrons. The molecule has 1 aromatic rings. The zero-order valence-electron chi connectivity index (χ0n) is 10.7. The molecule has 3 heteroatoms. The Bertz CT molecular complexity index is 327. The molecule has 3 nitrogen and oxygen atoms in total. The first kappa shape index (κ1) is 12.5. The molecular weight excluding hydrogens is 210 g/mol. The highest BCUT2D eigenvalue weighted by Gasteiger charge is 2.36. The van der Waals surface area contributed by atoms with Crippen LogP contribution in [0.5, 0.6) is 0 Å². The Labute approximate surface area is 104 Å². The minimum Gasteiger partial charge on any atom is -0.330 e. The molecule has 0 amide bonds. The summed E-state index contributed by atoms with van der Waals surface area (Å²) in [7, 11) is 2.20. The van der Waals surface area contributed by atoms with E-state index >= 15 is 0 Å². The van der Waals surface area contributed by atoms with Gasteiger partial charge in [-0.05, 0) is 49.9 Å². The van der Waals surface area contributed by atoms with Gasteiger partial charge in [0.05, 0.1) is 0 Å². The van der Waals surface area contributed by atoms with E-state index < -0.39 is 0 Å². The molecule has 1 saturated carbocycles. The van der Waals surface area contributed by atoms with Crippen LogP contribution in [0.2, 0.25) is 0 Å². The SMILES string of the molecule is CN(CCc1cccnc1)CC1(CN)CCC1. The summed E-state index contributed by atoms with van der Waals surface area (Å²) < 4.78 is 0. The third-order valence-corrected chi connectivity index (χ3v) is 3.96. The van der Waals surface area contributed by atoms with E-state index in [1.165, 1.54) is 24.8 Å². The van der Waals surface area contributed by atoms with E-state index in [0.29, 0.717) is 5.41 Å². The fraction of sp³-hybridized carbons (Fsp3) is 0.643. The number of pyridine rings is 1. The third-order valence-electron chi connectivity index (χ3n) is 3.96. The lowest BCUT2D eigenvalue weighted by molar-refractivity contribution is 0.0882. The Morgan fingerprint density at radius 2 is 2.29 bits per heavy atom. The van der Waals surface area contributed by atoms with Crippen molar-refractivity contribution in [3.8, 4) is 0 Å². The first-order valence-electron chi connectivity index (χ1n) is 6.52. The number of hydrogen-bond acceptors (Lipinski definition) is 3. The van der Waals surface area contributed by atoms with Gasteiger partial charge in [0.15, 0.2) is 0 Å². The molecular formula is C14H23N3. The van der Waals surface area contributed by atoms with E-state index in [0.717, 1.165) is 26.1 Å². The molecule has 0 aromatic carbocycles. The topological polar surface area (TPSA) is 42.2 Å². The van der Waals surface area contributed by atoms with Crippen LogP contribution in [0.15, 0.2) is 24.5 Å². The van der Waals surface area contributed by atoms with Gasteiger partial charge < -0.3 is 10.6 Å². The predicted molar refractivity (Wildman–Crippen MR) is 70.8 cm³/mol. The lowest BCUT2D eigenvalue weighted by atomic mass is 9.68. The van der Waals surface area contributed by atoms with Gasteiger partial charge >= 0.3 is 0 Å². The van der Waals surface area contributed by atoms with Crippen molar-refractivity contribution in [2.75, 3.05) is 26.7 Å². The normalized spacial score (nSPS) is 18.1. The molecule has 0 unspecified atom stereocenters. The maximum Gasteiger partial charge on any atom is 0.0300 e. The molecule has 0 bridgehead atoms. The van der Waals surface area contributed by atoms with Gasteiger partial charge in [-0.3, -0.25) is 4.98 Å². The minimum absolute atomic E-state index is 0.420. The highest BCUT2D eigenvalue weighted by molar-refractivity contribution is 5.08. The maximum absolute atomic E-state index is 5.89. The average Bonchev–Trinajstić information content (AvgIpc) is 2.33. The lowest BCUT2D eigenvalue weighted by Gasteiger charge is -2.43. The zero-order chi connectivity index (χ0) is 12.1. The zero-order valence-corrected chi connectivity index (χ0v) is 10.7. The number of aromatic nitrogens is 1. The van der Waals surface area contributed by atoms with E-state index in [2.05, 4.69) is 23.0 Å². The first-order chi connectivity index (χ1) is 8.24. The molecule has 0 aliphatic heterocycles. The van der Waals surface area contributed by atoms with Crippen molar-refractivity contribution in [3.05, 3.63) is 30.1 Å². The van der Waals surface area contributed by atoms with Crippen LogP contribution in [-0.4, -0.2) is 36.6 Å². The summed E-state index contributed by atoms with van der Waals surface area (Å²) in [6.07, 6.45) is 8.82. The van der Waals surface area contributed by atoms with Crippen LogP contribution in [0, 0.1) is 5.41 Å². The third kappa shape index (κ3) is 3.27. The van der Waals surface area contributed by atoms with Crippen molar-refractivity contribution in [1.82, 2.24) is 9.88 Å². The summed E-state index contributed by atoms with van der Waals surface area (Å²) in [6.45, 7) is 3.07. The van der Waals surface area contributed by atoms with Crippen molar-refractivity contribution in [2.24, 2.45) is 11.1 Å². The minimum atomic E-state index is 0.420. The first-order valence-corrected chi connectivity index (χ1v) is 6.52. The highest BCUT2D eigenvalue weighted by Crippen LogP contribution is 2.40. The van der Waals surface area contributed by atoms with Crippen LogP contribution in [0.3, 0.4) is 0 Å². The van der Waals surface area contributed by atoms with E-state index in [9.17, 15) is 0 Å². The van der Waals surface area contributed by atoms with Gasteiger partial charge in [-0.25, -0.2) is 0 Å². The second-order valence-electron chi connectivity index (χ2n) is 5.41. The Kier molecular flexibility index (Phi) is 4.13. The van der Waals surface area contributed by atoms with Crippen molar-refractivity contribution in [1.29, 1.82) is 0 Å². The number of nitrogens with zero attached hydrogens (tertiary/aromatic N) is 2. The van der Waals surface area contributed by atoms with Gasteiger partial charge in [-0.2, -0.15) is 0 Å². The van der Waals surface area contributed by atoms with Crippen LogP contribution >= 0.6 is 0 Å². The number of nitrogens with two attached hydrogens (primary N) is 1. The molecule has 0 radical (unpaired) electrons. The van der Waals surface area contributed by atoms with Crippen molar-refractivity contribution >= 4 is 0 Å². The van der Waals surface area contributed by atoms with E-state index in [4.69, 9.17) is 5.73 Å². The largest absolute Gasteiger partial charge is 0.330 e. The van der Waals surface area contributed by atoms with E-state index in [1.807, 2.05) is 18.5 Å². The Hall–Kier alpha value is -0.930. The summed E-state index contributed by atoms with van der Waals surface area (Å²) in [5, 5.41) is 0. The summed E-state index contributed by atoms with van der Waals surface area (Å²) in [5.41, 5.74) is 7.62. The molecule has 1 aliphatic carbocycles. The monoisotopic (exact) mass is 233 g/mol. The molecule has 0 atom stereocenters. The summed E-state index contributed by atoms with van der Waals surface area (Å²) in [6, 6.07) is 4.14. The second-order valence-corrected chi connectivity index (χ2v) is 5.41. The fourth-order valence-corrected chi connectivity index (χ4v) is 2.62. The molecule has 2 N–H and O–H groups in total. The van der Waals surface area contributed by atoms with E-state index in [-0.39, 0.29) is 0 Å². The Morgan fingerprint density at radius 3 is 2.82 bits per heavy atom.